The summed E-state index contributed by atoms with van der Waals surface area (Å²) in [6.45, 7) is 8.13. The van der Waals surface area contributed by atoms with Crippen LogP contribution in [-0.4, -0.2) is 53.6 Å². The highest BCUT2D eigenvalue weighted by Gasteiger charge is 2.54. The molecule has 26 heavy (non-hydrogen) atoms. The molecule has 2 fully saturated rings. The van der Waals surface area contributed by atoms with Crippen molar-refractivity contribution in [3.8, 4) is 0 Å². The highest BCUT2D eigenvalue weighted by Crippen LogP contribution is 2.52. The first-order valence-electron chi connectivity index (χ1n) is 9.46. The molecule has 2 atom stereocenters. The molecule has 0 N–H and O–H groups in total. The number of Topliss-reactive ketones (excluding diaryl/α,β-unsaturated/α-hetero) is 1. The fourth-order valence-electron chi connectivity index (χ4n) is 4.36. The molecule has 5 nitrogen and oxygen atoms in total. The standard InChI is InChI=1S/C21H28N2O3/c1-15(24)17-14-18(21(17,2)3)20(26)23-11-7-10-22(12-13-23)19(25)16-8-5-4-6-9-16/h4-6,8-9,17-18H,7,10-14H2,1-3H3/t17-,18+/m0/s1. The zero-order valence-electron chi connectivity index (χ0n) is 15.9. The number of hydrogen-bond acceptors (Lipinski definition) is 3. The van der Waals surface area contributed by atoms with Gasteiger partial charge in [0.15, 0.2) is 0 Å². The van der Waals surface area contributed by atoms with Crippen LogP contribution in [0, 0.1) is 17.3 Å². The summed E-state index contributed by atoms with van der Waals surface area (Å²) >= 11 is 0. The van der Waals surface area contributed by atoms with E-state index in [-0.39, 0.29) is 34.8 Å². The average Bonchev–Trinajstić information content (AvgIpc) is 2.86. The van der Waals surface area contributed by atoms with E-state index in [1.165, 1.54) is 0 Å². The van der Waals surface area contributed by atoms with Gasteiger partial charge in [0.1, 0.15) is 5.78 Å². The minimum absolute atomic E-state index is 0.0143. The van der Waals surface area contributed by atoms with Crippen LogP contribution in [0.5, 0.6) is 0 Å². The summed E-state index contributed by atoms with van der Waals surface area (Å²) in [5.41, 5.74) is 0.422. The highest BCUT2D eigenvalue weighted by atomic mass is 16.2. The van der Waals surface area contributed by atoms with Gasteiger partial charge in [-0.15, -0.1) is 0 Å². The number of carbonyl (C=O) groups excluding carboxylic acids is 3. The second-order valence-electron chi connectivity index (χ2n) is 8.11. The third kappa shape index (κ3) is 3.39. The van der Waals surface area contributed by atoms with Crippen molar-refractivity contribution in [3.63, 3.8) is 0 Å². The van der Waals surface area contributed by atoms with Crippen LogP contribution in [0.2, 0.25) is 0 Å². The number of benzene rings is 1. The van der Waals surface area contributed by atoms with E-state index in [9.17, 15) is 14.4 Å². The van der Waals surface area contributed by atoms with Crippen LogP contribution in [0.1, 0.15) is 44.0 Å². The molecule has 5 heteroatoms. The number of amides is 2. The third-order valence-corrected chi connectivity index (χ3v) is 6.17. The van der Waals surface area contributed by atoms with E-state index >= 15 is 0 Å². The van der Waals surface area contributed by atoms with Crippen molar-refractivity contribution in [2.75, 3.05) is 26.2 Å². The van der Waals surface area contributed by atoms with Crippen molar-refractivity contribution in [3.05, 3.63) is 35.9 Å². The summed E-state index contributed by atoms with van der Waals surface area (Å²) in [6, 6.07) is 9.29. The molecule has 2 amide bonds. The quantitative estimate of drug-likeness (QED) is 0.836. The minimum Gasteiger partial charge on any atom is -0.341 e. The van der Waals surface area contributed by atoms with Gasteiger partial charge in [-0.3, -0.25) is 14.4 Å². The van der Waals surface area contributed by atoms with Gasteiger partial charge in [0.25, 0.3) is 5.91 Å². The molecule has 0 bridgehead atoms. The van der Waals surface area contributed by atoms with E-state index in [1.807, 2.05) is 54.0 Å². The average molecular weight is 356 g/mol. The van der Waals surface area contributed by atoms with Crippen molar-refractivity contribution < 1.29 is 14.4 Å². The largest absolute Gasteiger partial charge is 0.341 e. The maximum absolute atomic E-state index is 13.0. The van der Waals surface area contributed by atoms with Gasteiger partial charge in [-0.1, -0.05) is 32.0 Å². The number of ketones is 1. The predicted octanol–water partition coefficient (Wildman–Crippen LogP) is 2.61. The Hall–Kier alpha value is -2.17. The number of carbonyl (C=O) groups is 3. The van der Waals surface area contributed by atoms with Gasteiger partial charge in [-0.05, 0) is 37.3 Å². The first-order chi connectivity index (χ1) is 12.3. The fraction of sp³-hybridized carbons (Fsp3) is 0.571. The normalized spacial score (nSPS) is 25.2. The van der Waals surface area contributed by atoms with Gasteiger partial charge in [0.05, 0.1) is 0 Å². The summed E-state index contributed by atoms with van der Waals surface area (Å²) < 4.78 is 0. The molecule has 1 saturated carbocycles. The maximum atomic E-state index is 13.0. The predicted molar refractivity (Wildman–Crippen MR) is 99.6 cm³/mol. The van der Waals surface area contributed by atoms with E-state index in [1.54, 1.807) is 6.92 Å². The monoisotopic (exact) mass is 356 g/mol. The summed E-state index contributed by atoms with van der Waals surface area (Å²) in [6.07, 6.45) is 1.44. The lowest BCUT2D eigenvalue weighted by Gasteiger charge is -2.51. The maximum Gasteiger partial charge on any atom is 0.253 e. The van der Waals surface area contributed by atoms with Gasteiger partial charge in [-0.2, -0.15) is 0 Å². The molecule has 0 spiro atoms. The lowest BCUT2D eigenvalue weighted by atomic mass is 9.53. The van der Waals surface area contributed by atoms with Crippen LogP contribution in [0.3, 0.4) is 0 Å². The van der Waals surface area contributed by atoms with Crippen LogP contribution >= 0.6 is 0 Å². The molecule has 1 aromatic carbocycles. The van der Waals surface area contributed by atoms with E-state index in [0.717, 1.165) is 6.42 Å². The molecule has 0 aromatic heterocycles. The second kappa shape index (κ2) is 7.22. The fourth-order valence-corrected chi connectivity index (χ4v) is 4.36. The Morgan fingerprint density at radius 1 is 0.923 bits per heavy atom. The molecule has 1 aromatic rings. The Balaban J connectivity index is 1.61. The molecule has 1 aliphatic heterocycles. The molecule has 0 radical (unpaired) electrons. The van der Waals surface area contributed by atoms with Crippen LogP contribution in [0.15, 0.2) is 30.3 Å². The van der Waals surface area contributed by atoms with E-state index < -0.39 is 0 Å². The van der Waals surface area contributed by atoms with Crippen LogP contribution in [0.25, 0.3) is 0 Å². The number of nitrogens with zero attached hydrogens (tertiary/aromatic N) is 2. The van der Waals surface area contributed by atoms with E-state index in [2.05, 4.69) is 0 Å². The summed E-state index contributed by atoms with van der Waals surface area (Å²) in [4.78, 5) is 41.1. The smallest absolute Gasteiger partial charge is 0.253 e. The summed E-state index contributed by atoms with van der Waals surface area (Å²) in [5, 5.41) is 0. The molecular weight excluding hydrogens is 328 g/mol. The Labute approximate surface area is 155 Å². The Morgan fingerprint density at radius 2 is 1.54 bits per heavy atom. The van der Waals surface area contributed by atoms with Gasteiger partial charge >= 0.3 is 0 Å². The SMILES string of the molecule is CC(=O)[C@@H]1C[C@H](C(=O)N2CCCN(C(=O)c3ccccc3)CC2)C1(C)C. The van der Waals surface area contributed by atoms with Crippen LogP contribution in [-0.2, 0) is 9.59 Å². The Kier molecular flexibility index (Phi) is 5.17. The van der Waals surface area contributed by atoms with Gasteiger partial charge in [0, 0.05) is 43.6 Å². The van der Waals surface area contributed by atoms with Crippen molar-refractivity contribution >= 4 is 17.6 Å². The van der Waals surface area contributed by atoms with Crippen molar-refractivity contribution in [1.29, 1.82) is 0 Å². The molecule has 1 saturated heterocycles. The number of rotatable bonds is 3. The van der Waals surface area contributed by atoms with Crippen molar-refractivity contribution in [2.45, 2.75) is 33.6 Å². The molecular formula is C21H28N2O3. The van der Waals surface area contributed by atoms with E-state index in [4.69, 9.17) is 0 Å². The van der Waals surface area contributed by atoms with E-state index in [0.29, 0.717) is 38.2 Å². The molecule has 1 heterocycles. The van der Waals surface area contributed by atoms with Crippen molar-refractivity contribution in [1.82, 2.24) is 9.80 Å². The minimum atomic E-state index is -0.269. The molecule has 140 valence electrons. The lowest BCUT2D eigenvalue weighted by Crippen LogP contribution is -2.55. The molecule has 1 aliphatic carbocycles. The number of hydrogen-bond donors (Lipinski definition) is 0. The first kappa shape index (κ1) is 18.6. The summed E-state index contributed by atoms with van der Waals surface area (Å²) in [7, 11) is 0. The molecule has 3 rings (SSSR count). The second-order valence-corrected chi connectivity index (χ2v) is 8.11. The zero-order valence-corrected chi connectivity index (χ0v) is 15.9. The molecule has 0 unspecified atom stereocenters. The van der Waals surface area contributed by atoms with Crippen LogP contribution in [0.4, 0.5) is 0 Å². The highest BCUT2D eigenvalue weighted by molar-refractivity contribution is 5.94. The topological polar surface area (TPSA) is 57.7 Å². The van der Waals surface area contributed by atoms with Crippen LogP contribution < -0.4 is 0 Å². The molecule has 2 aliphatic rings. The van der Waals surface area contributed by atoms with Gasteiger partial charge in [-0.25, -0.2) is 0 Å². The van der Waals surface area contributed by atoms with Crippen molar-refractivity contribution in [2.24, 2.45) is 17.3 Å². The Bertz CT molecular complexity index is 698. The Morgan fingerprint density at radius 3 is 2.15 bits per heavy atom. The first-order valence-corrected chi connectivity index (χ1v) is 9.46. The summed E-state index contributed by atoms with van der Waals surface area (Å²) in [5.74, 6) is 0.240. The zero-order chi connectivity index (χ0) is 18.9. The van der Waals surface area contributed by atoms with Gasteiger partial charge in [0.2, 0.25) is 5.91 Å². The van der Waals surface area contributed by atoms with Gasteiger partial charge < -0.3 is 9.80 Å². The lowest BCUT2D eigenvalue weighted by molar-refractivity contribution is -0.156. The third-order valence-electron chi connectivity index (χ3n) is 6.17.